The Morgan fingerprint density at radius 2 is 1.58 bits per heavy atom. The van der Waals surface area contributed by atoms with Gasteiger partial charge in [0.2, 0.25) is 0 Å². The van der Waals surface area contributed by atoms with Crippen molar-refractivity contribution in [2.24, 2.45) is 0 Å². The Bertz CT molecular complexity index is 576. The molecule has 0 aromatic heterocycles. The van der Waals surface area contributed by atoms with Crippen LogP contribution < -0.4 is 5.32 Å². The second-order valence-corrected chi connectivity index (χ2v) is 4.83. The van der Waals surface area contributed by atoms with Gasteiger partial charge in [-0.05, 0) is 38.0 Å². The van der Waals surface area contributed by atoms with Gasteiger partial charge < -0.3 is 5.32 Å². The van der Waals surface area contributed by atoms with Crippen molar-refractivity contribution in [3.05, 3.63) is 64.7 Å². The number of hydrogen-bond acceptors (Lipinski definition) is 1. The third-order valence-corrected chi connectivity index (χ3v) is 3.22. The largest absolute Gasteiger partial charge is 0.374 e. The maximum absolute atomic E-state index is 13.9. The molecule has 0 bridgehead atoms. The van der Waals surface area contributed by atoms with Crippen LogP contribution in [0.5, 0.6) is 0 Å². The smallest absolute Gasteiger partial charge is 0.152 e. The van der Waals surface area contributed by atoms with E-state index in [2.05, 4.69) is 5.32 Å². The minimum Gasteiger partial charge on any atom is -0.374 e. The molecule has 2 aromatic rings. The molecule has 1 nitrogen and oxygen atoms in total. The summed E-state index contributed by atoms with van der Waals surface area (Å²) in [6.07, 6.45) is 0. The molecule has 3 heteroatoms. The maximum Gasteiger partial charge on any atom is 0.152 e. The van der Waals surface area contributed by atoms with Crippen LogP contribution in [0.4, 0.5) is 14.5 Å². The Kier molecular flexibility index (Phi) is 3.84. The highest BCUT2D eigenvalue weighted by atomic mass is 19.1. The van der Waals surface area contributed by atoms with Crippen LogP contribution in [0.25, 0.3) is 0 Å². The van der Waals surface area contributed by atoms with Gasteiger partial charge in [-0.25, -0.2) is 8.78 Å². The van der Waals surface area contributed by atoms with Gasteiger partial charge in [0, 0.05) is 6.04 Å². The molecule has 0 amide bonds. The molecule has 2 rings (SSSR count). The molecule has 0 saturated heterocycles. The van der Waals surface area contributed by atoms with Crippen molar-refractivity contribution in [1.29, 1.82) is 0 Å². The predicted octanol–water partition coefficient (Wildman–Crippen LogP) is 4.75. The third-order valence-electron chi connectivity index (χ3n) is 3.22. The van der Waals surface area contributed by atoms with E-state index >= 15 is 0 Å². The van der Waals surface area contributed by atoms with Crippen molar-refractivity contribution in [1.82, 2.24) is 0 Å². The van der Waals surface area contributed by atoms with Gasteiger partial charge in [0.1, 0.15) is 11.5 Å². The second-order valence-electron chi connectivity index (χ2n) is 4.83. The first-order valence-corrected chi connectivity index (χ1v) is 6.26. The van der Waals surface area contributed by atoms with Gasteiger partial charge in [-0.1, -0.05) is 35.9 Å². The lowest BCUT2D eigenvalue weighted by Gasteiger charge is -2.17. The van der Waals surface area contributed by atoms with Crippen molar-refractivity contribution in [2.75, 3.05) is 5.32 Å². The standard InChI is InChI=1S/C16H17F2N/c1-10-4-7-13(8-5-10)12(3)19-16-14(17)9-6-11(2)15(16)18/h4-9,12,19H,1-3H3. The lowest BCUT2D eigenvalue weighted by molar-refractivity contribution is 0.579. The van der Waals surface area contributed by atoms with E-state index in [1.807, 2.05) is 38.1 Å². The number of rotatable bonds is 3. The van der Waals surface area contributed by atoms with Gasteiger partial charge in [-0.2, -0.15) is 0 Å². The van der Waals surface area contributed by atoms with Crippen LogP contribution in [0.2, 0.25) is 0 Å². The molecule has 1 unspecified atom stereocenters. The van der Waals surface area contributed by atoms with E-state index in [1.165, 1.54) is 12.1 Å². The van der Waals surface area contributed by atoms with Gasteiger partial charge in [0.15, 0.2) is 5.82 Å². The van der Waals surface area contributed by atoms with Crippen molar-refractivity contribution < 1.29 is 8.78 Å². The van der Waals surface area contributed by atoms with Crippen LogP contribution in [0.1, 0.15) is 29.7 Å². The van der Waals surface area contributed by atoms with Gasteiger partial charge >= 0.3 is 0 Å². The highest BCUT2D eigenvalue weighted by molar-refractivity contribution is 5.50. The molecule has 100 valence electrons. The summed E-state index contributed by atoms with van der Waals surface area (Å²) in [5.74, 6) is -1.10. The second kappa shape index (κ2) is 5.39. The van der Waals surface area contributed by atoms with Crippen molar-refractivity contribution >= 4 is 5.69 Å². The molecule has 19 heavy (non-hydrogen) atoms. The summed E-state index contributed by atoms with van der Waals surface area (Å²) >= 11 is 0. The SMILES string of the molecule is Cc1ccc(C(C)Nc2c(F)ccc(C)c2F)cc1. The highest BCUT2D eigenvalue weighted by Crippen LogP contribution is 2.26. The molecular formula is C16H17F2N. The molecule has 0 saturated carbocycles. The minimum absolute atomic E-state index is 0.0620. The third kappa shape index (κ3) is 2.92. The highest BCUT2D eigenvalue weighted by Gasteiger charge is 2.14. The fraction of sp³-hybridized carbons (Fsp3) is 0.250. The summed E-state index contributed by atoms with van der Waals surface area (Å²) in [5.41, 5.74) is 2.52. The lowest BCUT2D eigenvalue weighted by atomic mass is 10.1. The van der Waals surface area contributed by atoms with E-state index in [4.69, 9.17) is 0 Å². The van der Waals surface area contributed by atoms with Gasteiger partial charge in [-0.3, -0.25) is 0 Å². The fourth-order valence-electron chi connectivity index (χ4n) is 1.94. The number of nitrogens with one attached hydrogen (secondary N) is 1. The molecule has 0 aliphatic carbocycles. The summed E-state index contributed by atoms with van der Waals surface area (Å²) in [6.45, 7) is 5.50. The zero-order chi connectivity index (χ0) is 14.0. The van der Waals surface area contributed by atoms with E-state index < -0.39 is 11.6 Å². The van der Waals surface area contributed by atoms with Crippen LogP contribution in [0.15, 0.2) is 36.4 Å². The Morgan fingerprint density at radius 3 is 2.21 bits per heavy atom. The van der Waals surface area contributed by atoms with E-state index in [-0.39, 0.29) is 11.7 Å². The Labute approximate surface area is 112 Å². The van der Waals surface area contributed by atoms with Gasteiger partial charge in [0.05, 0.1) is 0 Å². The Morgan fingerprint density at radius 1 is 0.947 bits per heavy atom. The molecule has 0 heterocycles. The van der Waals surface area contributed by atoms with Crippen LogP contribution in [-0.4, -0.2) is 0 Å². The molecule has 1 N–H and O–H groups in total. The van der Waals surface area contributed by atoms with Gasteiger partial charge in [0.25, 0.3) is 0 Å². The quantitative estimate of drug-likeness (QED) is 0.840. The monoisotopic (exact) mass is 261 g/mol. The number of anilines is 1. The summed E-state index contributed by atoms with van der Waals surface area (Å²) in [5, 5.41) is 2.91. The average Bonchev–Trinajstić information content (AvgIpc) is 2.40. The molecule has 0 radical (unpaired) electrons. The van der Waals surface area contributed by atoms with E-state index in [0.717, 1.165) is 11.1 Å². The van der Waals surface area contributed by atoms with E-state index in [1.54, 1.807) is 6.92 Å². The molecular weight excluding hydrogens is 244 g/mol. The normalized spacial score (nSPS) is 12.3. The van der Waals surface area contributed by atoms with Crippen molar-refractivity contribution in [3.8, 4) is 0 Å². The minimum atomic E-state index is -0.568. The molecule has 1 atom stereocenters. The van der Waals surface area contributed by atoms with Gasteiger partial charge in [-0.15, -0.1) is 0 Å². The number of hydrogen-bond donors (Lipinski definition) is 1. The zero-order valence-electron chi connectivity index (χ0n) is 11.3. The van der Waals surface area contributed by atoms with Crippen LogP contribution in [0, 0.1) is 25.5 Å². The predicted molar refractivity (Wildman–Crippen MR) is 74.3 cm³/mol. The molecule has 0 spiro atoms. The molecule has 2 aromatic carbocycles. The number of aryl methyl sites for hydroxylation is 2. The maximum atomic E-state index is 13.9. The summed E-state index contributed by atoms with van der Waals surface area (Å²) in [4.78, 5) is 0. The lowest BCUT2D eigenvalue weighted by Crippen LogP contribution is -2.10. The van der Waals surface area contributed by atoms with Crippen LogP contribution >= 0.6 is 0 Å². The summed E-state index contributed by atoms with van der Waals surface area (Å²) in [7, 11) is 0. The first-order valence-electron chi connectivity index (χ1n) is 6.26. The first kappa shape index (κ1) is 13.5. The number of halogens is 2. The molecule has 0 aliphatic rings. The van der Waals surface area contributed by atoms with Crippen molar-refractivity contribution in [2.45, 2.75) is 26.8 Å². The van der Waals surface area contributed by atoms with E-state index in [9.17, 15) is 8.78 Å². The summed E-state index contributed by atoms with van der Waals surface area (Å²) < 4.78 is 27.6. The van der Waals surface area contributed by atoms with Crippen LogP contribution in [0.3, 0.4) is 0 Å². The Balaban J connectivity index is 2.26. The van der Waals surface area contributed by atoms with Crippen molar-refractivity contribution in [3.63, 3.8) is 0 Å². The summed E-state index contributed by atoms with van der Waals surface area (Å²) in [6, 6.07) is 10.4. The fourth-order valence-corrected chi connectivity index (χ4v) is 1.94. The first-order chi connectivity index (χ1) is 8.99. The average molecular weight is 261 g/mol. The molecule has 0 aliphatic heterocycles. The molecule has 0 fully saturated rings. The van der Waals surface area contributed by atoms with E-state index in [0.29, 0.717) is 5.56 Å². The van der Waals surface area contributed by atoms with Crippen LogP contribution in [-0.2, 0) is 0 Å². The topological polar surface area (TPSA) is 12.0 Å². The zero-order valence-corrected chi connectivity index (χ0v) is 11.3. The Hall–Kier alpha value is -1.90. The number of benzene rings is 2.